The summed E-state index contributed by atoms with van der Waals surface area (Å²) in [6.45, 7) is 7.08. The number of aliphatic hydroxyl groups excluding tert-OH is 1. The van der Waals surface area contributed by atoms with Crippen LogP contribution in [0.25, 0.3) is 0 Å². The second-order valence-corrected chi connectivity index (χ2v) is 4.85. The van der Waals surface area contributed by atoms with Crippen LogP contribution in [0.2, 0.25) is 0 Å². The maximum Gasteiger partial charge on any atom is 0.158 e. The number of nitrogens with one attached hydrogen (secondary N) is 2. The molecule has 0 fully saturated rings. The van der Waals surface area contributed by atoms with Crippen LogP contribution in [0.5, 0.6) is 0 Å². The molecule has 1 heterocycles. The predicted molar refractivity (Wildman–Crippen MR) is 79.2 cm³/mol. The topological polar surface area (TPSA) is 105 Å². The lowest BCUT2D eigenvalue weighted by Gasteiger charge is -2.29. The van der Waals surface area contributed by atoms with E-state index in [0.29, 0.717) is 37.1 Å². The van der Waals surface area contributed by atoms with E-state index in [4.69, 9.17) is 15.7 Å². The van der Waals surface area contributed by atoms with Crippen LogP contribution in [0.1, 0.15) is 39.4 Å². The molecule has 0 saturated heterocycles. The van der Waals surface area contributed by atoms with Crippen molar-refractivity contribution in [2.45, 2.75) is 45.8 Å². The molecule has 20 heavy (non-hydrogen) atoms. The van der Waals surface area contributed by atoms with Crippen molar-refractivity contribution in [1.29, 1.82) is 0 Å². The van der Waals surface area contributed by atoms with Crippen molar-refractivity contribution >= 4 is 11.6 Å². The van der Waals surface area contributed by atoms with Gasteiger partial charge in [-0.25, -0.2) is 15.8 Å². The molecule has 0 aromatic carbocycles. The van der Waals surface area contributed by atoms with Gasteiger partial charge in [-0.1, -0.05) is 6.92 Å². The Hall–Kier alpha value is -1.44. The Morgan fingerprint density at radius 2 is 2.05 bits per heavy atom. The minimum Gasteiger partial charge on any atom is -0.396 e. The van der Waals surface area contributed by atoms with Gasteiger partial charge in [0.25, 0.3) is 0 Å². The minimum atomic E-state index is -0.224. The maximum atomic E-state index is 9.16. The monoisotopic (exact) mass is 283 g/mol. The second kappa shape index (κ2) is 7.98. The minimum absolute atomic E-state index is 0.121. The molecule has 0 radical (unpaired) electrons. The lowest BCUT2D eigenvalue weighted by atomic mass is 9.95. The zero-order chi connectivity index (χ0) is 15.0. The lowest BCUT2D eigenvalue weighted by molar-refractivity contribution is 0.128. The number of hydrogen-bond donors (Lipinski definition) is 4. The number of hydrazine groups is 1. The fourth-order valence-corrected chi connectivity index (χ4v) is 1.78. The third-order valence-corrected chi connectivity index (χ3v) is 3.23. The maximum absolute atomic E-state index is 9.16. The summed E-state index contributed by atoms with van der Waals surface area (Å²) in [7, 11) is 0. The highest BCUT2D eigenvalue weighted by molar-refractivity contribution is 5.48. The third-order valence-electron chi connectivity index (χ3n) is 3.23. The largest absolute Gasteiger partial charge is 0.396 e. The van der Waals surface area contributed by atoms with Crippen molar-refractivity contribution in [3.05, 3.63) is 11.9 Å². The van der Waals surface area contributed by atoms with Gasteiger partial charge in [-0.3, -0.25) is 0 Å². The molecule has 0 saturated carbocycles. The van der Waals surface area contributed by atoms with Gasteiger partial charge in [-0.05, 0) is 26.7 Å². The van der Waals surface area contributed by atoms with Crippen molar-refractivity contribution in [2.75, 3.05) is 24.0 Å². The van der Waals surface area contributed by atoms with Gasteiger partial charge in [0.2, 0.25) is 0 Å². The third kappa shape index (κ3) is 4.92. The van der Waals surface area contributed by atoms with Gasteiger partial charge in [0.1, 0.15) is 18.2 Å². The first-order valence-corrected chi connectivity index (χ1v) is 6.88. The van der Waals surface area contributed by atoms with Gasteiger partial charge >= 0.3 is 0 Å². The van der Waals surface area contributed by atoms with E-state index in [-0.39, 0.29) is 12.1 Å². The smallest absolute Gasteiger partial charge is 0.158 e. The molecule has 1 unspecified atom stereocenters. The molecular formula is C13H25N5O2. The summed E-state index contributed by atoms with van der Waals surface area (Å²) in [6, 6.07) is 1.74. The quantitative estimate of drug-likeness (QED) is 0.399. The van der Waals surface area contributed by atoms with E-state index in [0.717, 1.165) is 6.42 Å². The number of ether oxygens (including phenoxy) is 1. The SMILES string of the molecule is CCOCc1nc(NN)cc(NC(C)(CC)CCO)n1. The van der Waals surface area contributed by atoms with Gasteiger partial charge in [0.05, 0.1) is 0 Å². The van der Waals surface area contributed by atoms with E-state index in [1.165, 1.54) is 0 Å². The van der Waals surface area contributed by atoms with Gasteiger partial charge in [0.15, 0.2) is 5.82 Å². The average Bonchev–Trinajstić information content (AvgIpc) is 2.45. The van der Waals surface area contributed by atoms with Gasteiger partial charge in [0, 0.05) is 24.8 Å². The summed E-state index contributed by atoms with van der Waals surface area (Å²) < 4.78 is 5.32. The van der Waals surface area contributed by atoms with Crippen LogP contribution in [0.15, 0.2) is 6.07 Å². The highest BCUT2D eigenvalue weighted by Crippen LogP contribution is 2.22. The molecule has 114 valence electrons. The number of nitrogen functional groups attached to an aromatic ring is 1. The number of hydrogen-bond acceptors (Lipinski definition) is 7. The van der Waals surface area contributed by atoms with Gasteiger partial charge in [-0.2, -0.15) is 0 Å². The van der Waals surface area contributed by atoms with Crippen LogP contribution in [-0.4, -0.2) is 33.8 Å². The summed E-state index contributed by atoms with van der Waals surface area (Å²) in [4.78, 5) is 8.64. The summed E-state index contributed by atoms with van der Waals surface area (Å²) in [5.41, 5.74) is 2.30. The summed E-state index contributed by atoms with van der Waals surface area (Å²) in [6.07, 6.45) is 1.50. The summed E-state index contributed by atoms with van der Waals surface area (Å²) >= 11 is 0. The average molecular weight is 283 g/mol. The molecule has 0 spiro atoms. The number of nitrogens with two attached hydrogens (primary N) is 1. The Labute approximate surface area is 119 Å². The molecule has 0 bridgehead atoms. The van der Waals surface area contributed by atoms with Gasteiger partial charge in [-0.15, -0.1) is 0 Å². The van der Waals surface area contributed by atoms with E-state index in [1.54, 1.807) is 6.07 Å². The molecule has 7 nitrogen and oxygen atoms in total. The molecule has 1 aromatic heterocycles. The fraction of sp³-hybridized carbons (Fsp3) is 0.692. The number of rotatable bonds is 9. The summed E-state index contributed by atoms with van der Waals surface area (Å²) in [5.74, 6) is 7.18. The van der Waals surface area contributed by atoms with E-state index in [2.05, 4.69) is 27.6 Å². The van der Waals surface area contributed by atoms with E-state index in [1.807, 2.05) is 13.8 Å². The van der Waals surface area contributed by atoms with Crippen LogP contribution >= 0.6 is 0 Å². The molecule has 1 atom stereocenters. The normalized spacial score (nSPS) is 13.8. The van der Waals surface area contributed by atoms with Crippen molar-refractivity contribution in [3.63, 3.8) is 0 Å². The molecule has 0 aliphatic carbocycles. The van der Waals surface area contributed by atoms with Crippen molar-refractivity contribution < 1.29 is 9.84 Å². The van der Waals surface area contributed by atoms with Crippen molar-refractivity contribution in [2.24, 2.45) is 5.84 Å². The number of nitrogens with zero attached hydrogens (tertiary/aromatic N) is 2. The Balaban J connectivity index is 2.92. The molecular weight excluding hydrogens is 258 g/mol. The number of aliphatic hydroxyl groups is 1. The first-order chi connectivity index (χ1) is 9.56. The van der Waals surface area contributed by atoms with Crippen LogP contribution in [0.3, 0.4) is 0 Å². The Bertz CT molecular complexity index is 416. The Morgan fingerprint density at radius 1 is 1.35 bits per heavy atom. The molecule has 5 N–H and O–H groups in total. The van der Waals surface area contributed by atoms with Crippen LogP contribution in [-0.2, 0) is 11.3 Å². The molecule has 0 aliphatic rings. The number of aromatic nitrogens is 2. The van der Waals surface area contributed by atoms with E-state index >= 15 is 0 Å². The van der Waals surface area contributed by atoms with Crippen LogP contribution < -0.4 is 16.6 Å². The van der Waals surface area contributed by atoms with E-state index in [9.17, 15) is 0 Å². The fourth-order valence-electron chi connectivity index (χ4n) is 1.78. The zero-order valence-electron chi connectivity index (χ0n) is 12.4. The zero-order valence-corrected chi connectivity index (χ0v) is 12.4. The van der Waals surface area contributed by atoms with Crippen LogP contribution in [0.4, 0.5) is 11.6 Å². The summed E-state index contributed by atoms with van der Waals surface area (Å²) in [5, 5.41) is 12.5. The first kappa shape index (κ1) is 16.6. The molecule has 0 aliphatic heterocycles. The second-order valence-electron chi connectivity index (χ2n) is 4.85. The molecule has 0 amide bonds. The highest BCUT2D eigenvalue weighted by atomic mass is 16.5. The van der Waals surface area contributed by atoms with Crippen LogP contribution in [0, 0.1) is 0 Å². The standard InChI is InChI=1S/C13H25N5O2/c1-4-13(3,6-7-19)17-10-8-11(18-14)16-12(15-10)9-20-5-2/h8,19H,4-7,9,14H2,1-3H3,(H2,15,16,17,18). The molecule has 1 rings (SSSR count). The molecule has 7 heteroatoms. The number of anilines is 2. The van der Waals surface area contributed by atoms with Crippen molar-refractivity contribution in [3.8, 4) is 0 Å². The lowest BCUT2D eigenvalue weighted by Crippen LogP contribution is -2.35. The highest BCUT2D eigenvalue weighted by Gasteiger charge is 2.22. The van der Waals surface area contributed by atoms with Gasteiger partial charge < -0.3 is 20.6 Å². The Kier molecular flexibility index (Phi) is 6.63. The molecule has 1 aromatic rings. The predicted octanol–water partition coefficient (Wildman–Crippen LogP) is 1.26. The Morgan fingerprint density at radius 3 is 2.60 bits per heavy atom. The van der Waals surface area contributed by atoms with Crippen molar-refractivity contribution in [1.82, 2.24) is 9.97 Å². The van der Waals surface area contributed by atoms with E-state index < -0.39 is 0 Å². The first-order valence-electron chi connectivity index (χ1n) is 6.88.